The second-order valence-corrected chi connectivity index (χ2v) is 5.04. The van der Waals surface area contributed by atoms with Gasteiger partial charge in [-0.25, -0.2) is 8.78 Å². The van der Waals surface area contributed by atoms with Crippen LogP contribution in [0.15, 0.2) is 40.9 Å². The molecule has 0 radical (unpaired) electrons. The van der Waals surface area contributed by atoms with Crippen molar-refractivity contribution in [3.63, 3.8) is 0 Å². The monoisotopic (exact) mass is 340 g/mol. The maximum absolute atomic E-state index is 13.6. The molecule has 0 N–H and O–H groups in total. The first-order valence-electron chi connectivity index (χ1n) is 5.82. The minimum absolute atomic E-state index is 0.000333. The second kappa shape index (κ2) is 6.13. The fraction of sp³-hybridized carbons (Fsp3) is 0.133. The van der Waals surface area contributed by atoms with Crippen molar-refractivity contribution in [3.8, 4) is 5.75 Å². The molecule has 0 aliphatic carbocycles. The first-order chi connectivity index (χ1) is 9.51. The summed E-state index contributed by atoms with van der Waals surface area (Å²) in [5, 5.41) is 0. The molecule has 0 aliphatic rings. The van der Waals surface area contributed by atoms with E-state index in [0.717, 1.165) is 16.6 Å². The van der Waals surface area contributed by atoms with Gasteiger partial charge in [0.25, 0.3) is 0 Å². The number of halogens is 3. The van der Waals surface area contributed by atoms with E-state index in [0.29, 0.717) is 17.4 Å². The molecule has 0 bridgehead atoms. The molecule has 5 heteroatoms. The van der Waals surface area contributed by atoms with Crippen LogP contribution in [0, 0.1) is 11.6 Å². The van der Waals surface area contributed by atoms with Crippen LogP contribution in [-0.4, -0.2) is 12.9 Å². The van der Waals surface area contributed by atoms with Crippen LogP contribution in [0.2, 0.25) is 0 Å². The van der Waals surface area contributed by atoms with Gasteiger partial charge in [0.2, 0.25) is 0 Å². The number of rotatable bonds is 4. The van der Waals surface area contributed by atoms with Crippen LogP contribution in [0.1, 0.15) is 15.9 Å². The third-order valence-corrected chi connectivity index (χ3v) is 3.61. The molecular formula is C15H11BrF2O2. The molecule has 0 fully saturated rings. The van der Waals surface area contributed by atoms with Crippen molar-refractivity contribution in [2.45, 2.75) is 6.42 Å². The molecule has 2 nitrogen and oxygen atoms in total. The molecule has 0 atom stereocenters. The van der Waals surface area contributed by atoms with E-state index in [4.69, 9.17) is 4.74 Å². The average molecular weight is 341 g/mol. The van der Waals surface area contributed by atoms with Gasteiger partial charge < -0.3 is 4.74 Å². The quantitative estimate of drug-likeness (QED) is 0.781. The second-order valence-electron chi connectivity index (χ2n) is 4.18. The maximum atomic E-state index is 13.6. The zero-order chi connectivity index (χ0) is 14.7. The van der Waals surface area contributed by atoms with Gasteiger partial charge in [0, 0.05) is 17.0 Å². The molecule has 0 unspecified atom stereocenters. The lowest BCUT2D eigenvalue weighted by Gasteiger charge is -2.07. The van der Waals surface area contributed by atoms with Crippen LogP contribution in [0.5, 0.6) is 5.75 Å². The summed E-state index contributed by atoms with van der Waals surface area (Å²) in [7, 11) is 1.52. The third kappa shape index (κ3) is 3.22. The van der Waals surface area contributed by atoms with Gasteiger partial charge in [-0.15, -0.1) is 0 Å². The molecule has 0 saturated heterocycles. The molecule has 0 spiro atoms. The van der Waals surface area contributed by atoms with Gasteiger partial charge in [0.15, 0.2) is 5.78 Å². The van der Waals surface area contributed by atoms with Crippen molar-refractivity contribution in [2.75, 3.05) is 7.11 Å². The lowest BCUT2D eigenvalue weighted by molar-refractivity contribution is 0.0989. The average Bonchev–Trinajstić information content (AvgIpc) is 2.41. The number of hydrogen-bond acceptors (Lipinski definition) is 2. The molecule has 2 rings (SSSR count). The predicted octanol–water partition coefficient (Wildman–Crippen LogP) is 4.16. The van der Waals surface area contributed by atoms with Gasteiger partial charge in [0.1, 0.15) is 17.4 Å². The topological polar surface area (TPSA) is 26.3 Å². The third-order valence-electron chi connectivity index (χ3n) is 2.84. The zero-order valence-electron chi connectivity index (χ0n) is 10.6. The Morgan fingerprint density at radius 3 is 2.60 bits per heavy atom. The van der Waals surface area contributed by atoms with Crippen molar-refractivity contribution in [1.29, 1.82) is 0 Å². The Bertz CT molecular complexity index is 656. The smallest absolute Gasteiger partial charge is 0.170 e. The molecule has 0 saturated carbocycles. The van der Waals surface area contributed by atoms with Crippen molar-refractivity contribution in [1.82, 2.24) is 0 Å². The summed E-state index contributed by atoms with van der Waals surface area (Å²) < 4.78 is 32.2. The number of benzene rings is 2. The molecule has 0 heterocycles. The zero-order valence-corrected chi connectivity index (χ0v) is 12.2. The Labute approximate surface area is 123 Å². The molecule has 20 heavy (non-hydrogen) atoms. The van der Waals surface area contributed by atoms with Crippen molar-refractivity contribution >= 4 is 21.7 Å². The highest BCUT2D eigenvalue weighted by molar-refractivity contribution is 9.10. The fourth-order valence-corrected chi connectivity index (χ4v) is 2.18. The molecular weight excluding hydrogens is 330 g/mol. The highest BCUT2D eigenvalue weighted by Crippen LogP contribution is 2.24. The van der Waals surface area contributed by atoms with Crippen LogP contribution in [0.3, 0.4) is 0 Å². The summed E-state index contributed by atoms with van der Waals surface area (Å²) in [5.74, 6) is -1.37. The number of methoxy groups -OCH3 is 1. The number of hydrogen-bond donors (Lipinski definition) is 0. The Hall–Kier alpha value is -1.75. The number of Topliss-reactive ketones (excluding diaryl/α,β-unsaturated/α-hetero) is 1. The highest BCUT2D eigenvalue weighted by Gasteiger charge is 2.15. The van der Waals surface area contributed by atoms with Gasteiger partial charge in [-0.2, -0.15) is 0 Å². The van der Waals surface area contributed by atoms with Crippen LogP contribution in [0.4, 0.5) is 8.78 Å². The Kier molecular flexibility index (Phi) is 4.49. The number of carbonyl (C=O) groups is 1. The Balaban J connectivity index is 2.27. The Morgan fingerprint density at radius 2 is 1.95 bits per heavy atom. The van der Waals surface area contributed by atoms with E-state index < -0.39 is 17.4 Å². The van der Waals surface area contributed by atoms with E-state index in [1.165, 1.54) is 7.11 Å². The Morgan fingerprint density at radius 1 is 1.20 bits per heavy atom. The summed E-state index contributed by atoms with van der Waals surface area (Å²) >= 11 is 3.33. The van der Waals surface area contributed by atoms with E-state index in [2.05, 4.69) is 15.9 Å². The normalized spacial score (nSPS) is 10.4. The van der Waals surface area contributed by atoms with E-state index in [1.807, 2.05) is 0 Å². The molecule has 0 aromatic heterocycles. The molecule has 2 aromatic carbocycles. The van der Waals surface area contributed by atoms with Crippen LogP contribution < -0.4 is 4.74 Å². The van der Waals surface area contributed by atoms with Crippen LogP contribution in [0.25, 0.3) is 0 Å². The summed E-state index contributed by atoms with van der Waals surface area (Å²) in [4.78, 5) is 12.1. The highest BCUT2D eigenvalue weighted by atomic mass is 79.9. The van der Waals surface area contributed by atoms with Crippen LogP contribution in [-0.2, 0) is 6.42 Å². The summed E-state index contributed by atoms with van der Waals surface area (Å²) in [6.45, 7) is 0. The van der Waals surface area contributed by atoms with Gasteiger partial charge in [-0.1, -0.05) is 15.9 Å². The summed E-state index contributed by atoms with van der Waals surface area (Å²) in [6.07, 6.45) is 0.000333. The van der Waals surface area contributed by atoms with E-state index >= 15 is 0 Å². The predicted molar refractivity (Wildman–Crippen MR) is 75.1 cm³/mol. The van der Waals surface area contributed by atoms with E-state index in [1.54, 1.807) is 18.2 Å². The minimum Gasteiger partial charge on any atom is -0.497 e. The van der Waals surface area contributed by atoms with Crippen molar-refractivity contribution in [2.24, 2.45) is 0 Å². The summed E-state index contributed by atoms with van der Waals surface area (Å²) in [6, 6.07) is 8.12. The molecule has 0 aliphatic heterocycles. The minimum atomic E-state index is -0.853. The fourth-order valence-electron chi connectivity index (χ4n) is 1.80. The van der Waals surface area contributed by atoms with E-state index in [-0.39, 0.29) is 12.0 Å². The van der Waals surface area contributed by atoms with Crippen molar-refractivity contribution < 1.29 is 18.3 Å². The summed E-state index contributed by atoms with van der Waals surface area (Å²) in [5.41, 5.74) is 0.555. The largest absolute Gasteiger partial charge is 0.497 e. The number of ether oxygens (including phenoxy) is 1. The SMILES string of the molecule is COc1ccc(Br)c(CC(=O)c2ccc(F)cc2F)c1. The van der Waals surface area contributed by atoms with Gasteiger partial charge in [0.05, 0.1) is 12.7 Å². The standard InChI is InChI=1S/C15H11BrF2O2/c1-20-11-3-5-13(16)9(6-11)7-15(19)12-4-2-10(17)8-14(12)18/h2-6,8H,7H2,1H3. The molecule has 2 aromatic rings. The first kappa shape index (κ1) is 14.7. The van der Waals surface area contributed by atoms with Crippen molar-refractivity contribution in [3.05, 3.63) is 63.6 Å². The van der Waals surface area contributed by atoms with Gasteiger partial charge in [-0.05, 0) is 35.9 Å². The number of carbonyl (C=O) groups excluding carboxylic acids is 1. The van der Waals surface area contributed by atoms with E-state index in [9.17, 15) is 13.6 Å². The lowest BCUT2D eigenvalue weighted by atomic mass is 10.0. The molecule has 104 valence electrons. The van der Waals surface area contributed by atoms with Gasteiger partial charge in [-0.3, -0.25) is 4.79 Å². The molecule has 0 amide bonds. The first-order valence-corrected chi connectivity index (χ1v) is 6.61. The lowest BCUT2D eigenvalue weighted by Crippen LogP contribution is -2.07. The number of ketones is 1. The maximum Gasteiger partial charge on any atom is 0.170 e. The van der Waals surface area contributed by atoms with Crippen LogP contribution >= 0.6 is 15.9 Å². The van der Waals surface area contributed by atoms with Gasteiger partial charge >= 0.3 is 0 Å².